The molecule has 2 heteroatoms. The third-order valence-corrected chi connectivity index (χ3v) is 1.77. The van der Waals surface area contributed by atoms with E-state index in [4.69, 9.17) is 0 Å². The van der Waals surface area contributed by atoms with Gasteiger partial charge < -0.3 is 0 Å². The van der Waals surface area contributed by atoms with Crippen LogP contribution in [0.25, 0.3) is 0 Å². The Balaban J connectivity index is 2.98. The summed E-state index contributed by atoms with van der Waals surface area (Å²) in [6, 6.07) is 0. The first-order chi connectivity index (χ1) is 3.81. The fourth-order valence-electron chi connectivity index (χ4n) is 0.552. The molecule has 0 rings (SSSR count). The molecule has 0 aromatic carbocycles. The highest BCUT2D eigenvalue weighted by atomic mass is 31.1. The van der Waals surface area contributed by atoms with E-state index in [1.165, 1.54) is 12.8 Å². The van der Waals surface area contributed by atoms with Gasteiger partial charge in [0.15, 0.2) is 8.46 Å². The highest BCUT2D eigenvalue weighted by molar-refractivity contribution is 7.24. The highest BCUT2D eigenvalue weighted by Crippen LogP contribution is 2.12. The van der Waals surface area contributed by atoms with E-state index in [9.17, 15) is 4.57 Å². The van der Waals surface area contributed by atoms with Crippen LogP contribution in [0.2, 0.25) is 0 Å². The minimum absolute atomic E-state index is 0.303. The van der Waals surface area contributed by atoms with Gasteiger partial charge in [-0.15, -0.1) is 0 Å². The van der Waals surface area contributed by atoms with Crippen LogP contribution in [-0.4, -0.2) is 5.66 Å². The first-order valence-electron chi connectivity index (χ1n) is 3.13. The summed E-state index contributed by atoms with van der Waals surface area (Å²) < 4.78 is 10.1. The summed E-state index contributed by atoms with van der Waals surface area (Å²) >= 11 is 0. The first-order valence-corrected chi connectivity index (χ1v) is 4.02. The van der Waals surface area contributed by atoms with Gasteiger partial charge in [0.05, 0.1) is 0 Å². The van der Waals surface area contributed by atoms with Crippen molar-refractivity contribution in [3.8, 4) is 0 Å². The molecule has 0 amide bonds. The van der Waals surface area contributed by atoms with Crippen molar-refractivity contribution in [1.29, 1.82) is 0 Å². The Hall–Kier alpha value is 0.100. The van der Waals surface area contributed by atoms with Gasteiger partial charge in [-0.2, -0.15) is 0 Å². The van der Waals surface area contributed by atoms with Crippen LogP contribution in [-0.2, 0) is 4.57 Å². The zero-order valence-electron chi connectivity index (χ0n) is 5.55. The van der Waals surface area contributed by atoms with Crippen LogP contribution in [0.3, 0.4) is 0 Å². The molecule has 0 aliphatic carbocycles. The zero-order valence-corrected chi connectivity index (χ0v) is 6.45. The third-order valence-electron chi connectivity index (χ3n) is 1.16. The zero-order chi connectivity index (χ0) is 6.41. The molecule has 48 valence electrons. The molecule has 0 aliphatic heterocycles. The van der Waals surface area contributed by atoms with Crippen LogP contribution >= 0.6 is 8.46 Å². The van der Waals surface area contributed by atoms with E-state index in [0.29, 0.717) is 14.1 Å². The fraction of sp³-hybridized carbons (Fsp3) is 1.00. The number of hydrogen-bond acceptors (Lipinski definition) is 1. The van der Waals surface area contributed by atoms with Crippen molar-refractivity contribution in [2.75, 3.05) is 0 Å². The van der Waals surface area contributed by atoms with Crippen molar-refractivity contribution in [2.24, 2.45) is 0 Å². The molecular weight excluding hydrogens is 119 g/mol. The Bertz CT molecular complexity index is 63.5. The summed E-state index contributed by atoms with van der Waals surface area (Å²) in [5.74, 6) is 0. The normalized spacial score (nSPS) is 14.2. The second-order valence-corrected chi connectivity index (χ2v) is 3.19. The largest absolute Gasteiger partial charge is 0.275 e. The lowest BCUT2D eigenvalue weighted by Crippen LogP contribution is -1.88. The van der Waals surface area contributed by atoms with Gasteiger partial charge >= 0.3 is 0 Å². The molecule has 8 heavy (non-hydrogen) atoms. The first kappa shape index (κ1) is 8.10. The van der Waals surface area contributed by atoms with Crippen molar-refractivity contribution in [3.63, 3.8) is 0 Å². The highest BCUT2D eigenvalue weighted by Gasteiger charge is 1.96. The predicted octanol–water partition coefficient (Wildman–Crippen LogP) is 2.86. The smallest absolute Gasteiger partial charge is 0.158 e. The second-order valence-electron chi connectivity index (χ2n) is 2.10. The van der Waals surface area contributed by atoms with Crippen LogP contribution in [0, 0.1) is 0 Å². The molecule has 1 nitrogen and oxygen atoms in total. The number of rotatable bonds is 4. The summed E-state index contributed by atoms with van der Waals surface area (Å²) in [6.45, 7) is 4.15. The molecule has 0 heterocycles. The molecular formula is C6H13OP. The fourth-order valence-corrected chi connectivity index (χ4v) is 0.840. The molecule has 0 bridgehead atoms. The van der Waals surface area contributed by atoms with Gasteiger partial charge in [0, 0.05) is 5.66 Å². The molecule has 0 spiro atoms. The van der Waals surface area contributed by atoms with Gasteiger partial charge in [-0.3, -0.25) is 4.57 Å². The van der Waals surface area contributed by atoms with Crippen LogP contribution in [0.5, 0.6) is 0 Å². The molecule has 0 radical (unpaired) electrons. The summed E-state index contributed by atoms with van der Waals surface area (Å²) in [7, 11) is 0.303. The monoisotopic (exact) mass is 132 g/mol. The topological polar surface area (TPSA) is 17.1 Å². The van der Waals surface area contributed by atoms with Crippen LogP contribution in [0.4, 0.5) is 0 Å². The molecule has 0 saturated carbocycles. The number of hydrogen-bond donors (Lipinski definition) is 0. The van der Waals surface area contributed by atoms with Crippen molar-refractivity contribution >= 4 is 8.46 Å². The minimum Gasteiger partial charge on any atom is -0.275 e. The van der Waals surface area contributed by atoms with Gasteiger partial charge in [-0.1, -0.05) is 26.7 Å². The molecule has 0 aromatic rings. The maximum absolute atomic E-state index is 10.1. The molecule has 0 N–H and O–H groups in total. The Morgan fingerprint density at radius 1 is 1.62 bits per heavy atom. The molecule has 1 unspecified atom stereocenters. The van der Waals surface area contributed by atoms with Crippen molar-refractivity contribution in [1.82, 2.24) is 0 Å². The predicted molar refractivity (Wildman–Crippen MR) is 36.6 cm³/mol. The molecule has 0 aliphatic rings. The van der Waals surface area contributed by atoms with Gasteiger partial charge in [0.1, 0.15) is 0 Å². The summed E-state index contributed by atoms with van der Waals surface area (Å²) in [5, 5.41) is 0. The van der Waals surface area contributed by atoms with Gasteiger partial charge in [0.25, 0.3) is 0 Å². The lowest BCUT2D eigenvalue weighted by atomic mass is 10.2. The van der Waals surface area contributed by atoms with Crippen LogP contribution in [0.15, 0.2) is 0 Å². The minimum atomic E-state index is 0.303. The van der Waals surface area contributed by atoms with E-state index in [-0.39, 0.29) is 0 Å². The van der Waals surface area contributed by atoms with Crippen LogP contribution in [0.1, 0.15) is 33.1 Å². The average molecular weight is 132 g/mol. The van der Waals surface area contributed by atoms with Crippen molar-refractivity contribution in [3.05, 3.63) is 0 Å². The Kier molecular flexibility index (Phi) is 5.31. The van der Waals surface area contributed by atoms with Crippen LogP contribution < -0.4 is 0 Å². The van der Waals surface area contributed by atoms with Gasteiger partial charge in [-0.05, 0) is 6.42 Å². The van der Waals surface area contributed by atoms with E-state index in [1.807, 2.05) is 6.92 Å². The Labute approximate surface area is 52.7 Å². The van der Waals surface area contributed by atoms with E-state index < -0.39 is 0 Å². The standard InChI is InChI=1S/C6H13OP/c1-3-4-5-6(2)8-7/h6H,3-5H2,1-2H3. The van der Waals surface area contributed by atoms with E-state index in [2.05, 4.69) is 6.92 Å². The number of unbranched alkanes of at least 4 members (excludes halogenated alkanes) is 1. The van der Waals surface area contributed by atoms with Crippen molar-refractivity contribution < 1.29 is 4.57 Å². The van der Waals surface area contributed by atoms with E-state index in [1.54, 1.807) is 0 Å². The maximum Gasteiger partial charge on any atom is 0.158 e. The Morgan fingerprint density at radius 3 is 2.62 bits per heavy atom. The summed E-state index contributed by atoms with van der Waals surface area (Å²) in [5.41, 5.74) is 0.370. The molecule has 0 aromatic heterocycles. The average Bonchev–Trinajstić information content (AvgIpc) is 1.83. The molecule has 1 atom stereocenters. The Morgan fingerprint density at radius 2 is 2.25 bits per heavy atom. The van der Waals surface area contributed by atoms with Gasteiger partial charge in [0.2, 0.25) is 0 Å². The van der Waals surface area contributed by atoms with E-state index in [0.717, 1.165) is 6.42 Å². The molecule has 0 saturated heterocycles. The van der Waals surface area contributed by atoms with E-state index >= 15 is 0 Å². The lowest BCUT2D eigenvalue weighted by molar-refractivity contribution is 0.585. The quantitative estimate of drug-likeness (QED) is 0.537. The lowest BCUT2D eigenvalue weighted by Gasteiger charge is -1.96. The SMILES string of the molecule is CCCCC(C)P=O. The second kappa shape index (κ2) is 5.24. The van der Waals surface area contributed by atoms with Crippen molar-refractivity contribution in [2.45, 2.75) is 38.8 Å². The molecule has 0 fully saturated rings. The third kappa shape index (κ3) is 4.26. The maximum atomic E-state index is 10.1. The van der Waals surface area contributed by atoms with Gasteiger partial charge in [-0.25, -0.2) is 0 Å². The summed E-state index contributed by atoms with van der Waals surface area (Å²) in [4.78, 5) is 0. The summed E-state index contributed by atoms with van der Waals surface area (Å²) in [6.07, 6.45) is 3.51.